The van der Waals surface area contributed by atoms with E-state index in [9.17, 15) is 23.2 Å². The topological polar surface area (TPSA) is 118 Å². The quantitative estimate of drug-likeness (QED) is 0.297. The Morgan fingerprint density at radius 1 is 1.15 bits per heavy atom. The molecule has 7 atom stereocenters. The lowest BCUT2D eigenvalue weighted by atomic mass is 9.44. The van der Waals surface area contributed by atoms with Crippen molar-refractivity contribution in [3.63, 3.8) is 0 Å². The van der Waals surface area contributed by atoms with Crippen LogP contribution in [0.1, 0.15) is 37.2 Å². The number of allylic oxidation sites excluding steroid dienone is 2. The molecule has 1 aromatic rings. The van der Waals surface area contributed by atoms with Gasteiger partial charge in [-0.3, -0.25) is 28.5 Å². The van der Waals surface area contributed by atoms with E-state index in [0.717, 1.165) is 0 Å². The monoisotopic (exact) mass is 684 g/mol. The molecule has 3 aliphatic heterocycles. The molecule has 0 bridgehead atoms. The van der Waals surface area contributed by atoms with Crippen molar-refractivity contribution >= 4 is 40.9 Å². The summed E-state index contributed by atoms with van der Waals surface area (Å²) in [6, 6.07) is 2.18. The Kier molecular flexibility index (Phi) is 9.23. The van der Waals surface area contributed by atoms with Crippen LogP contribution in [-0.2, 0) is 23.9 Å². The largest absolute Gasteiger partial charge is 0.383 e. The maximum absolute atomic E-state index is 16.0. The molecule has 1 aromatic carbocycles. The van der Waals surface area contributed by atoms with E-state index >= 15 is 4.39 Å². The third kappa shape index (κ3) is 5.24. The standard InChI is InChI=1S/C32H37Cl2F3N4O5/c1-45-10-9-38-27(42)23-8-6-18(12-46-23)39-28(43)26-24(19-3-2-4-21(34)25(19)37)32(31(41-26)13-30(14-31,15-35)16-36)20-7-5-17(33)11-22(20)40-29(32)44/h2-5,7,11,18,20,22-24,26,41H,6,8-10,12-16H2,1H3,(H,38,42)(H,39,43)(H,40,44)/t18-,20?,22?,23+,24+,26-,32-/m1/s1. The first-order chi connectivity index (χ1) is 22.0. The van der Waals surface area contributed by atoms with Crippen molar-refractivity contribution in [1.82, 2.24) is 21.3 Å². The van der Waals surface area contributed by atoms with Crippen molar-refractivity contribution in [2.24, 2.45) is 16.7 Å². The fraction of sp³-hybridized carbons (Fsp3) is 0.594. The minimum absolute atomic E-state index is 0.0487. The molecule has 3 saturated heterocycles. The van der Waals surface area contributed by atoms with Gasteiger partial charge in [-0.25, -0.2) is 4.39 Å². The number of rotatable bonds is 9. The molecule has 3 heterocycles. The van der Waals surface area contributed by atoms with E-state index in [1.54, 1.807) is 24.3 Å². The highest BCUT2D eigenvalue weighted by Gasteiger charge is 2.80. The van der Waals surface area contributed by atoms with E-state index in [1.807, 2.05) is 0 Å². The van der Waals surface area contributed by atoms with Crippen molar-refractivity contribution in [3.8, 4) is 0 Å². The van der Waals surface area contributed by atoms with Crippen LogP contribution in [0.3, 0.4) is 0 Å². The van der Waals surface area contributed by atoms with Gasteiger partial charge in [-0.2, -0.15) is 0 Å². The second kappa shape index (κ2) is 12.8. The second-order valence-corrected chi connectivity index (χ2v) is 14.0. The number of fused-ring (bicyclic) bond motifs is 3. The van der Waals surface area contributed by atoms with E-state index in [0.29, 0.717) is 31.0 Å². The minimum atomic E-state index is -1.53. The third-order valence-corrected chi connectivity index (χ3v) is 11.0. The highest BCUT2D eigenvalue weighted by molar-refractivity contribution is 6.31. The van der Waals surface area contributed by atoms with E-state index in [2.05, 4.69) is 21.3 Å². The molecule has 250 valence electrons. The molecule has 2 aliphatic carbocycles. The predicted molar refractivity (Wildman–Crippen MR) is 164 cm³/mol. The number of benzene rings is 1. The first-order valence-electron chi connectivity index (χ1n) is 15.4. The number of hydrogen-bond donors (Lipinski definition) is 4. The Morgan fingerprint density at radius 3 is 2.59 bits per heavy atom. The number of halogens is 5. The lowest BCUT2D eigenvalue weighted by Gasteiger charge is -2.60. The summed E-state index contributed by atoms with van der Waals surface area (Å²) in [6.07, 6.45) is 5.03. The van der Waals surface area contributed by atoms with Crippen molar-refractivity contribution in [3.05, 3.63) is 57.9 Å². The van der Waals surface area contributed by atoms with Crippen molar-refractivity contribution in [1.29, 1.82) is 0 Å². The SMILES string of the molecule is COCCNC(=O)[C@@H]1CC[C@@H](NC(=O)[C@@H]2NC3(CC(CF)(CF)C3)[C@@]3(C(=O)NC4C=C(Cl)C=CC43)[C@H]2c2cccc(Cl)c2F)CO1. The van der Waals surface area contributed by atoms with E-state index in [1.165, 1.54) is 19.2 Å². The molecule has 5 aliphatic rings. The molecule has 4 N–H and O–H groups in total. The van der Waals surface area contributed by atoms with Crippen LogP contribution in [0.2, 0.25) is 5.02 Å². The van der Waals surface area contributed by atoms with Gasteiger partial charge in [-0.1, -0.05) is 41.4 Å². The molecule has 46 heavy (non-hydrogen) atoms. The highest BCUT2D eigenvalue weighted by Crippen LogP contribution is 2.70. The Labute approximate surface area is 275 Å². The van der Waals surface area contributed by atoms with E-state index in [4.69, 9.17) is 32.7 Å². The highest BCUT2D eigenvalue weighted by atomic mass is 35.5. The summed E-state index contributed by atoms with van der Waals surface area (Å²) in [5, 5.41) is 12.3. The second-order valence-electron chi connectivity index (χ2n) is 13.1. The lowest BCUT2D eigenvalue weighted by molar-refractivity contribution is -0.146. The van der Waals surface area contributed by atoms with E-state index < -0.39 is 83.4 Å². The summed E-state index contributed by atoms with van der Waals surface area (Å²) in [5.41, 5.74) is -4.08. The minimum Gasteiger partial charge on any atom is -0.383 e. The van der Waals surface area contributed by atoms with Crippen LogP contribution in [0.25, 0.3) is 0 Å². The van der Waals surface area contributed by atoms with Gasteiger partial charge in [0.25, 0.3) is 0 Å². The molecule has 14 heteroatoms. The summed E-state index contributed by atoms with van der Waals surface area (Å²) in [7, 11) is 1.53. The smallest absolute Gasteiger partial charge is 0.249 e. The number of amides is 3. The molecule has 0 aromatic heterocycles. The number of ether oxygens (including phenoxy) is 2. The van der Waals surface area contributed by atoms with Gasteiger partial charge in [0.05, 0.1) is 55.1 Å². The summed E-state index contributed by atoms with van der Waals surface area (Å²) < 4.78 is 55.5. The van der Waals surface area contributed by atoms with Gasteiger partial charge in [0.2, 0.25) is 17.7 Å². The number of carbonyl (C=O) groups excluding carboxylic acids is 3. The Balaban J connectivity index is 1.35. The fourth-order valence-corrected chi connectivity index (χ4v) is 8.97. The van der Waals surface area contributed by atoms with Gasteiger partial charge in [-0.15, -0.1) is 0 Å². The molecule has 1 saturated carbocycles. The maximum Gasteiger partial charge on any atom is 0.249 e. The van der Waals surface area contributed by atoms with Gasteiger partial charge in [0, 0.05) is 41.5 Å². The maximum atomic E-state index is 16.0. The predicted octanol–water partition coefficient (Wildman–Crippen LogP) is 3.21. The molecular weight excluding hydrogens is 648 g/mol. The molecule has 4 fully saturated rings. The summed E-state index contributed by atoms with van der Waals surface area (Å²) >= 11 is 12.6. The van der Waals surface area contributed by atoms with E-state index in [-0.39, 0.29) is 35.9 Å². The van der Waals surface area contributed by atoms with Crippen LogP contribution in [0, 0.1) is 22.6 Å². The number of methoxy groups -OCH3 is 1. The zero-order chi connectivity index (χ0) is 32.9. The van der Waals surface area contributed by atoms with Crippen molar-refractivity contribution in [2.75, 3.05) is 40.2 Å². The normalized spacial score (nSPS) is 33.7. The van der Waals surface area contributed by atoms with Gasteiger partial charge < -0.3 is 25.4 Å². The van der Waals surface area contributed by atoms with Gasteiger partial charge >= 0.3 is 0 Å². The van der Waals surface area contributed by atoms with Gasteiger partial charge in [-0.05, 0) is 49.5 Å². The lowest BCUT2D eigenvalue weighted by Crippen LogP contribution is -2.70. The molecule has 3 amide bonds. The summed E-state index contributed by atoms with van der Waals surface area (Å²) in [5.74, 6) is -3.78. The fourth-order valence-electron chi connectivity index (χ4n) is 8.58. The van der Waals surface area contributed by atoms with Crippen LogP contribution in [0.15, 0.2) is 41.5 Å². The number of carbonyl (C=O) groups is 3. The number of nitrogens with one attached hydrogen (secondary N) is 4. The summed E-state index contributed by atoms with van der Waals surface area (Å²) in [6.45, 7) is -1.15. The van der Waals surface area contributed by atoms with Crippen LogP contribution >= 0.6 is 23.2 Å². The molecule has 9 nitrogen and oxygen atoms in total. The Bertz CT molecular complexity index is 1440. The Hall–Kier alpha value is -2.64. The molecular formula is C32H37Cl2F3N4O5. The zero-order valence-electron chi connectivity index (χ0n) is 25.2. The Morgan fingerprint density at radius 2 is 1.91 bits per heavy atom. The van der Waals surface area contributed by atoms with Crippen LogP contribution in [-0.4, -0.2) is 87.7 Å². The van der Waals surface area contributed by atoms with Crippen molar-refractivity contribution in [2.45, 2.75) is 61.4 Å². The summed E-state index contributed by atoms with van der Waals surface area (Å²) in [4.78, 5) is 41.1. The molecule has 6 rings (SSSR count). The number of alkyl halides is 2. The van der Waals surface area contributed by atoms with Crippen LogP contribution in [0.5, 0.6) is 0 Å². The molecule has 0 radical (unpaired) electrons. The third-order valence-electron chi connectivity index (χ3n) is 10.5. The average molecular weight is 686 g/mol. The zero-order valence-corrected chi connectivity index (χ0v) is 26.7. The van der Waals surface area contributed by atoms with Gasteiger partial charge in [0.15, 0.2) is 0 Å². The molecule has 2 unspecified atom stereocenters. The number of hydrogen-bond acceptors (Lipinski definition) is 6. The molecule has 2 spiro atoms. The van der Waals surface area contributed by atoms with Crippen LogP contribution in [0.4, 0.5) is 13.2 Å². The van der Waals surface area contributed by atoms with Crippen LogP contribution < -0.4 is 21.3 Å². The first kappa shape index (κ1) is 33.3. The van der Waals surface area contributed by atoms with Crippen molar-refractivity contribution < 1.29 is 37.0 Å². The average Bonchev–Trinajstić information content (AvgIpc) is 3.49. The van der Waals surface area contributed by atoms with Gasteiger partial charge in [0.1, 0.15) is 11.9 Å². The first-order valence-corrected chi connectivity index (χ1v) is 16.2.